The SMILES string of the molecule is C=c1c2cc(C)c(N)cc2c(=C)n1-c1c(C(C)C)cccc1C(C)C. The van der Waals surface area contributed by atoms with E-state index in [1.54, 1.807) is 0 Å². The number of hydrogen-bond acceptors (Lipinski definition) is 1. The van der Waals surface area contributed by atoms with Crippen molar-refractivity contribution in [2.45, 2.75) is 46.5 Å². The van der Waals surface area contributed by atoms with Crippen LogP contribution in [0.25, 0.3) is 29.6 Å². The molecule has 0 atom stereocenters. The van der Waals surface area contributed by atoms with E-state index < -0.39 is 0 Å². The molecule has 0 saturated carbocycles. The summed E-state index contributed by atoms with van der Waals surface area (Å²) in [5.74, 6) is 0.842. The number of aryl methyl sites for hydroxylation is 1. The molecule has 0 amide bonds. The number of anilines is 1. The molecule has 0 spiro atoms. The number of rotatable bonds is 3. The predicted molar refractivity (Wildman–Crippen MR) is 111 cm³/mol. The number of hydrogen-bond donors (Lipinski definition) is 1. The Bertz CT molecular complexity index is 973. The molecule has 25 heavy (non-hydrogen) atoms. The van der Waals surface area contributed by atoms with Crippen LogP contribution in [0.2, 0.25) is 0 Å². The van der Waals surface area contributed by atoms with Crippen LogP contribution >= 0.6 is 0 Å². The predicted octanol–water partition coefficient (Wildman–Crippen LogP) is 4.59. The summed E-state index contributed by atoms with van der Waals surface area (Å²) in [6.07, 6.45) is 0. The van der Waals surface area contributed by atoms with Crippen LogP contribution in [0.15, 0.2) is 30.3 Å². The van der Waals surface area contributed by atoms with Crippen molar-refractivity contribution < 1.29 is 0 Å². The van der Waals surface area contributed by atoms with Crippen LogP contribution in [0.3, 0.4) is 0 Å². The van der Waals surface area contributed by atoms with Crippen molar-refractivity contribution >= 4 is 29.6 Å². The second kappa shape index (κ2) is 6.11. The lowest BCUT2D eigenvalue weighted by molar-refractivity contribution is 0.798. The van der Waals surface area contributed by atoms with E-state index >= 15 is 0 Å². The lowest BCUT2D eigenvalue weighted by atomic mass is 9.92. The molecule has 2 N–H and O–H groups in total. The molecule has 0 aliphatic carbocycles. The van der Waals surface area contributed by atoms with Gasteiger partial charge in [-0.05, 0) is 47.6 Å². The number of nitrogens with zero attached hydrogens (tertiary/aromatic N) is 1. The Balaban J connectivity index is 2.50. The number of fused-ring (bicyclic) bond motifs is 1. The van der Waals surface area contributed by atoms with Crippen molar-refractivity contribution in [2.75, 3.05) is 5.73 Å². The van der Waals surface area contributed by atoms with Gasteiger partial charge in [-0.1, -0.05) is 59.1 Å². The van der Waals surface area contributed by atoms with Gasteiger partial charge in [-0.25, -0.2) is 0 Å². The van der Waals surface area contributed by atoms with E-state index in [9.17, 15) is 0 Å². The molecule has 0 aliphatic rings. The van der Waals surface area contributed by atoms with E-state index in [0.29, 0.717) is 11.8 Å². The third-order valence-electron chi connectivity index (χ3n) is 5.13. The molecule has 1 aromatic heterocycles. The van der Waals surface area contributed by atoms with Gasteiger partial charge in [0.15, 0.2) is 0 Å². The fourth-order valence-corrected chi connectivity index (χ4v) is 3.65. The van der Waals surface area contributed by atoms with Gasteiger partial charge in [0.25, 0.3) is 0 Å². The Morgan fingerprint density at radius 1 is 0.880 bits per heavy atom. The molecule has 0 bridgehead atoms. The third-order valence-corrected chi connectivity index (χ3v) is 5.13. The number of aromatic nitrogens is 1. The Morgan fingerprint density at radius 2 is 1.36 bits per heavy atom. The van der Waals surface area contributed by atoms with Crippen molar-refractivity contribution in [3.63, 3.8) is 0 Å². The molecule has 1 heterocycles. The first-order valence-corrected chi connectivity index (χ1v) is 8.95. The first kappa shape index (κ1) is 17.3. The molecule has 2 heteroatoms. The van der Waals surface area contributed by atoms with Crippen molar-refractivity contribution in [3.05, 3.63) is 57.7 Å². The fraction of sp³-hybridized carbons (Fsp3) is 0.304. The zero-order valence-electron chi connectivity index (χ0n) is 16.0. The molecule has 0 fully saturated rings. The Labute approximate surface area is 150 Å². The molecule has 130 valence electrons. The fourth-order valence-electron chi connectivity index (χ4n) is 3.65. The summed E-state index contributed by atoms with van der Waals surface area (Å²) in [4.78, 5) is 0. The van der Waals surface area contributed by atoms with Gasteiger partial charge in [0, 0.05) is 27.2 Å². The van der Waals surface area contributed by atoms with Gasteiger partial charge in [0.1, 0.15) is 0 Å². The highest BCUT2D eigenvalue weighted by atomic mass is 15.0. The van der Waals surface area contributed by atoms with Crippen molar-refractivity contribution in [1.29, 1.82) is 0 Å². The monoisotopic (exact) mass is 332 g/mol. The van der Waals surface area contributed by atoms with Crippen LogP contribution in [0, 0.1) is 6.92 Å². The van der Waals surface area contributed by atoms with E-state index in [2.05, 4.69) is 69.7 Å². The summed E-state index contributed by atoms with van der Waals surface area (Å²) in [5, 5.41) is 4.16. The Morgan fingerprint density at radius 3 is 1.84 bits per heavy atom. The average molecular weight is 332 g/mol. The number of nitrogens with two attached hydrogens (primary N) is 1. The van der Waals surface area contributed by atoms with Gasteiger partial charge in [0.05, 0.1) is 5.69 Å². The first-order valence-electron chi connectivity index (χ1n) is 8.95. The molecule has 0 saturated heterocycles. The highest BCUT2D eigenvalue weighted by molar-refractivity contribution is 5.88. The summed E-state index contributed by atoms with van der Waals surface area (Å²) in [6.45, 7) is 19.8. The van der Waals surface area contributed by atoms with E-state index in [4.69, 9.17) is 5.73 Å². The standard InChI is InChI=1S/C23H28N2/c1-13(2)18-9-8-10-19(14(3)4)23(18)25-16(6)20-11-15(5)22(24)12-21(20)17(25)7/h8-14H,6-7,24H2,1-5H3. The summed E-state index contributed by atoms with van der Waals surface area (Å²) in [7, 11) is 0. The minimum Gasteiger partial charge on any atom is -0.398 e. The van der Waals surface area contributed by atoms with Crippen molar-refractivity contribution in [3.8, 4) is 5.69 Å². The van der Waals surface area contributed by atoms with E-state index in [1.165, 1.54) is 16.8 Å². The second-order valence-electron chi connectivity index (χ2n) is 7.58. The zero-order valence-corrected chi connectivity index (χ0v) is 16.0. The lowest BCUT2D eigenvalue weighted by Crippen LogP contribution is -2.26. The van der Waals surface area contributed by atoms with Gasteiger partial charge in [-0.2, -0.15) is 0 Å². The molecule has 0 unspecified atom stereocenters. The highest BCUT2D eigenvalue weighted by Crippen LogP contribution is 2.30. The highest BCUT2D eigenvalue weighted by Gasteiger charge is 2.18. The maximum Gasteiger partial charge on any atom is 0.0530 e. The van der Waals surface area contributed by atoms with E-state index in [0.717, 1.165) is 32.7 Å². The quantitative estimate of drug-likeness (QED) is 0.699. The number of para-hydroxylation sites is 1. The van der Waals surface area contributed by atoms with Crippen LogP contribution in [-0.2, 0) is 0 Å². The normalized spacial score (nSPS) is 11.8. The van der Waals surface area contributed by atoms with Gasteiger partial charge < -0.3 is 10.3 Å². The molecular formula is C23H28N2. The maximum atomic E-state index is 6.15. The van der Waals surface area contributed by atoms with E-state index in [-0.39, 0.29) is 0 Å². The van der Waals surface area contributed by atoms with Crippen LogP contribution in [-0.4, -0.2) is 4.57 Å². The molecule has 0 radical (unpaired) electrons. The third kappa shape index (κ3) is 2.66. The van der Waals surface area contributed by atoms with Crippen LogP contribution in [0.5, 0.6) is 0 Å². The minimum absolute atomic E-state index is 0.421. The Kier molecular flexibility index (Phi) is 4.24. The topological polar surface area (TPSA) is 30.9 Å². The van der Waals surface area contributed by atoms with Gasteiger partial charge in [0.2, 0.25) is 0 Å². The van der Waals surface area contributed by atoms with E-state index in [1.807, 2.05) is 13.0 Å². The van der Waals surface area contributed by atoms with Gasteiger partial charge in [-0.15, -0.1) is 0 Å². The molecular weight excluding hydrogens is 304 g/mol. The number of benzene rings is 2. The number of nitrogen functional groups attached to an aromatic ring is 1. The molecule has 0 aliphatic heterocycles. The minimum atomic E-state index is 0.421. The second-order valence-corrected chi connectivity index (χ2v) is 7.58. The van der Waals surface area contributed by atoms with Crippen molar-refractivity contribution in [1.82, 2.24) is 4.57 Å². The molecule has 2 aromatic carbocycles. The first-order chi connectivity index (χ1) is 11.7. The summed E-state index contributed by atoms with van der Waals surface area (Å²) in [6, 6.07) is 10.8. The van der Waals surface area contributed by atoms with Gasteiger partial charge >= 0.3 is 0 Å². The largest absolute Gasteiger partial charge is 0.398 e. The van der Waals surface area contributed by atoms with Crippen LogP contribution in [0.4, 0.5) is 5.69 Å². The average Bonchev–Trinajstić information content (AvgIpc) is 2.78. The van der Waals surface area contributed by atoms with Crippen LogP contribution in [0.1, 0.15) is 56.2 Å². The summed E-state index contributed by atoms with van der Waals surface area (Å²) < 4.78 is 2.23. The smallest absolute Gasteiger partial charge is 0.0530 e. The summed E-state index contributed by atoms with van der Waals surface area (Å²) >= 11 is 0. The molecule has 3 aromatic rings. The molecule has 3 rings (SSSR count). The summed E-state index contributed by atoms with van der Waals surface area (Å²) in [5.41, 5.74) is 11.9. The van der Waals surface area contributed by atoms with Crippen LogP contribution < -0.4 is 16.4 Å². The lowest BCUT2D eigenvalue weighted by Gasteiger charge is -2.21. The Hall–Kier alpha value is -2.48. The molecule has 2 nitrogen and oxygen atoms in total. The maximum absolute atomic E-state index is 6.15. The van der Waals surface area contributed by atoms with Gasteiger partial charge in [-0.3, -0.25) is 0 Å². The zero-order chi connectivity index (χ0) is 18.5. The van der Waals surface area contributed by atoms with Crippen molar-refractivity contribution in [2.24, 2.45) is 0 Å².